The maximum atomic E-state index is 11.6. The second-order valence-corrected chi connectivity index (χ2v) is 3.86. The standard InChI is InChI=1S/C11H17N3O2/c1-8(15)6-13-11(16)9-4-5-10(12-7-9)14(2)3/h4-5,7-8,15H,6H2,1-3H3,(H,13,16). The van der Waals surface area contributed by atoms with Crippen molar-refractivity contribution in [3.63, 3.8) is 0 Å². The van der Waals surface area contributed by atoms with Crippen LogP contribution < -0.4 is 10.2 Å². The van der Waals surface area contributed by atoms with Gasteiger partial charge in [0.2, 0.25) is 0 Å². The third kappa shape index (κ3) is 3.51. The van der Waals surface area contributed by atoms with Crippen LogP contribution in [0.3, 0.4) is 0 Å². The molecule has 1 atom stereocenters. The molecule has 1 heterocycles. The predicted octanol–water partition coefficient (Wildman–Crippen LogP) is 0.258. The number of aliphatic hydroxyl groups excluding tert-OH is 1. The van der Waals surface area contributed by atoms with E-state index in [4.69, 9.17) is 5.11 Å². The molecule has 0 aliphatic rings. The second-order valence-electron chi connectivity index (χ2n) is 3.86. The number of hydrogen-bond acceptors (Lipinski definition) is 4. The summed E-state index contributed by atoms with van der Waals surface area (Å²) in [6.45, 7) is 1.86. The van der Waals surface area contributed by atoms with Crippen molar-refractivity contribution >= 4 is 11.7 Å². The molecule has 88 valence electrons. The van der Waals surface area contributed by atoms with E-state index >= 15 is 0 Å². The minimum absolute atomic E-state index is 0.223. The number of carbonyl (C=O) groups is 1. The smallest absolute Gasteiger partial charge is 0.252 e. The van der Waals surface area contributed by atoms with Crippen LogP contribution in [0, 0.1) is 0 Å². The lowest BCUT2D eigenvalue weighted by Crippen LogP contribution is -2.30. The molecule has 1 amide bonds. The van der Waals surface area contributed by atoms with E-state index in [9.17, 15) is 4.79 Å². The third-order valence-electron chi connectivity index (χ3n) is 2.03. The zero-order valence-electron chi connectivity index (χ0n) is 9.77. The Labute approximate surface area is 95.1 Å². The number of hydrogen-bond donors (Lipinski definition) is 2. The molecule has 1 unspecified atom stereocenters. The summed E-state index contributed by atoms with van der Waals surface area (Å²) in [5, 5.41) is 11.6. The van der Waals surface area contributed by atoms with Gasteiger partial charge in [0.1, 0.15) is 5.82 Å². The van der Waals surface area contributed by atoms with Crippen molar-refractivity contribution in [2.75, 3.05) is 25.5 Å². The van der Waals surface area contributed by atoms with E-state index in [-0.39, 0.29) is 12.5 Å². The summed E-state index contributed by atoms with van der Waals surface area (Å²) in [4.78, 5) is 17.5. The number of carbonyl (C=O) groups excluding carboxylic acids is 1. The van der Waals surface area contributed by atoms with Gasteiger partial charge in [-0.15, -0.1) is 0 Å². The van der Waals surface area contributed by atoms with Crippen molar-refractivity contribution in [2.24, 2.45) is 0 Å². The van der Waals surface area contributed by atoms with Gasteiger partial charge < -0.3 is 15.3 Å². The number of aromatic nitrogens is 1. The predicted molar refractivity (Wildman–Crippen MR) is 62.6 cm³/mol. The van der Waals surface area contributed by atoms with Gasteiger partial charge in [-0.05, 0) is 19.1 Å². The lowest BCUT2D eigenvalue weighted by atomic mass is 10.2. The summed E-state index contributed by atoms with van der Waals surface area (Å²) in [6.07, 6.45) is 0.977. The molecule has 0 bridgehead atoms. The Morgan fingerprint density at radius 3 is 2.69 bits per heavy atom. The average Bonchev–Trinajstić information content (AvgIpc) is 2.26. The Bertz CT molecular complexity index is 347. The number of nitrogens with one attached hydrogen (secondary N) is 1. The van der Waals surface area contributed by atoms with Crippen LogP contribution in [0.25, 0.3) is 0 Å². The molecule has 0 saturated carbocycles. The Balaban J connectivity index is 2.63. The van der Waals surface area contributed by atoms with Crippen molar-refractivity contribution in [2.45, 2.75) is 13.0 Å². The van der Waals surface area contributed by atoms with Crippen LogP contribution in [0.2, 0.25) is 0 Å². The van der Waals surface area contributed by atoms with Gasteiger partial charge >= 0.3 is 0 Å². The van der Waals surface area contributed by atoms with Crippen molar-refractivity contribution in [1.29, 1.82) is 0 Å². The van der Waals surface area contributed by atoms with Gasteiger partial charge in [0, 0.05) is 26.8 Å². The van der Waals surface area contributed by atoms with Gasteiger partial charge in [-0.3, -0.25) is 4.79 Å². The summed E-state index contributed by atoms with van der Waals surface area (Å²) < 4.78 is 0. The molecule has 0 fully saturated rings. The molecule has 5 nitrogen and oxygen atoms in total. The van der Waals surface area contributed by atoms with E-state index in [0.717, 1.165) is 5.82 Å². The van der Waals surface area contributed by atoms with Gasteiger partial charge in [-0.1, -0.05) is 0 Å². The SMILES string of the molecule is CC(O)CNC(=O)c1ccc(N(C)C)nc1. The van der Waals surface area contributed by atoms with Crippen molar-refractivity contribution in [3.8, 4) is 0 Å². The highest BCUT2D eigenvalue weighted by Gasteiger charge is 2.07. The number of anilines is 1. The van der Waals surface area contributed by atoms with E-state index < -0.39 is 6.10 Å². The highest BCUT2D eigenvalue weighted by Crippen LogP contribution is 2.07. The Morgan fingerprint density at radius 2 is 2.25 bits per heavy atom. The summed E-state index contributed by atoms with van der Waals surface area (Å²) >= 11 is 0. The first-order valence-corrected chi connectivity index (χ1v) is 5.10. The maximum Gasteiger partial charge on any atom is 0.252 e. The lowest BCUT2D eigenvalue weighted by molar-refractivity contribution is 0.0923. The Morgan fingerprint density at radius 1 is 1.56 bits per heavy atom. The van der Waals surface area contributed by atoms with E-state index in [1.807, 2.05) is 19.0 Å². The summed E-state index contributed by atoms with van der Waals surface area (Å²) in [6, 6.07) is 3.48. The largest absolute Gasteiger partial charge is 0.392 e. The fraction of sp³-hybridized carbons (Fsp3) is 0.455. The minimum atomic E-state index is -0.544. The van der Waals surface area contributed by atoms with Crippen LogP contribution in [0.15, 0.2) is 18.3 Å². The summed E-state index contributed by atoms with van der Waals surface area (Å²) in [7, 11) is 3.77. The van der Waals surface area contributed by atoms with Crippen LogP contribution in [0.4, 0.5) is 5.82 Å². The quantitative estimate of drug-likeness (QED) is 0.768. The third-order valence-corrected chi connectivity index (χ3v) is 2.03. The van der Waals surface area contributed by atoms with Gasteiger partial charge in [0.25, 0.3) is 5.91 Å². The molecule has 2 N–H and O–H groups in total. The normalized spacial score (nSPS) is 12.0. The molecule has 5 heteroatoms. The number of aliphatic hydroxyl groups is 1. The molecule has 0 aromatic carbocycles. The van der Waals surface area contributed by atoms with Crippen LogP contribution >= 0.6 is 0 Å². The first-order chi connectivity index (χ1) is 7.50. The van der Waals surface area contributed by atoms with Crippen molar-refractivity contribution < 1.29 is 9.90 Å². The van der Waals surface area contributed by atoms with Gasteiger partial charge in [0.05, 0.1) is 11.7 Å². The van der Waals surface area contributed by atoms with E-state index in [2.05, 4.69) is 10.3 Å². The highest BCUT2D eigenvalue weighted by molar-refractivity contribution is 5.94. The van der Waals surface area contributed by atoms with Crippen molar-refractivity contribution in [3.05, 3.63) is 23.9 Å². The first-order valence-electron chi connectivity index (χ1n) is 5.10. The molecule has 1 aromatic heterocycles. The molecule has 0 aliphatic carbocycles. The summed E-state index contributed by atoms with van der Waals surface area (Å²) in [5.41, 5.74) is 0.492. The average molecular weight is 223 g/mol. The number of rotatable bonds is 4. The van der Waals surface area contributed by atoms with Gasteiger partial charge in [-0.25, -0.2) is 4.98 Å². The Kier molecular flexibility index (Phi) is 4.25. The monoisotopic (exact) mass is 223 g/mol. The zero-order chi connectivity index (χ0) is 12.1. The molecule has 0 aliphatic heterocycles. The summed E-state index contributed by atoms with van der Waals surface area (Å²) in [5.74, 6) is 0.575. The first kappa shape index (κ1) is 12.4. The molecule has 1 rings (SSSR count). The van der Waals surface area contributed by atoms with Gasteiger partial charge in [0.15, 0.2) is 0 Å². The van der Waals surface area contributed by atoms with Crippen LogP contribution in [-0.2, 0) is 0 Å². The molecule has 16 heavy (non-hydrogen) atoms. The molecule has 0 spiro atoms. The molecule has 0 radical (unpaired) electrons. The van der Waals surface area contributed by atoms with Crippen molar-refractivity contribution in [1.82, 2.24) is 10.3 Å². The fourth-order valence-corrected chi connectivity index (χ4v) is 1.13. The number of pyridine rings is 1. The molecule has 1 aromatic rings. The van der Waals surface area contributed by atoms with Gasteiger partial charge in [-0.2, -0.15) is 0 Å². The highest BCUT2D eigenvalue weighted by atomic mass is 16.3. The molecule has 0 saturated heterocycles. The minimum Gasteiger partial charge on any atom is -0.392 e. The van der Waals surface area contributed by atoms with E-state index in [1.54, 1.807) is 19.1 Å². The van der Waals surface area contributed by atoms with Crippen LogP contribution in [-0.4, -0.2) is 42.7 Å². The van der Waals surface area contributed by atoms with E-state index in [1.165, 1.54) is 6.20 Å². The fourth-order valence-electron chi connectivity index (χ4n) is 1.13. The number of nitrogens with zero attached hydrogens (tertiary/aromatic N) is 2. The molecular weight excluding hydrogens is 206 g/mol. The Hall–Kier alpha value is -1.62. The van der Waals surface area contributed by atoms with Crippen LogP contribution in [0.1, 0.15) is 17.3 Å². The maximum absolute atomic E-state index is 11.6. The number of amides is 1. The molecular formula is C11H17N3O2. The van der Waals surface area contributed by atoms with E-state index in [0.29, 0.717) is 5.56 Å². The lowest BCUT2D eigenvalue weighted by Gasteiger charge is -2.11. The second kappa shape index (κ2) is 5.46. The zero-order valence-corrected chi connectivity index (χ0v) is 9.77. The van der Waals surface area contributed by atoms with Crippen LogP contribution in [0.5, 0.6) is 0 Å². The topological polar surface area (TPSA) is 65.5 Å².